The van der Waals surface area contributed by atoms with Crippen LogP contribution in [0.5, 0.6) is 0 Å². The van der Waals surface area contributed by atoms with Crippen molar-refractivity contribution >= 4 is 16.8 Å². The highest BCUT2D eigenvalue weighted by Crippen LogP contribution is 2.16. The van der Waals surface area contributed by atoms with E-state index in [9.17, 15) is 0 Å². The molecule has 2 nitrogen and oxygen atoms in total. The minimum Gasteiger partial charge on any atom is -0.390 e. The van der Waals surface area contributed by atoms with Crippen LogP contribution in [-0.4, -0.2) is 39.7 Å². The van der Waals surface area contributed by atoms with Crippen LogP contribution in [-0.2, 0) is 0 Å². The van der Waals surface area contributed by atoms with Crippen LogP contribution >= 0.6 is 11.8 Å². The lowest BCUT2D eigenvalue weighted by atomic mass is 10.3. The summed E-state index contributed by atoms with van der Waals surface area (Å²) in [6, 6.07) is 0.608. The molecule has 0 aromatic rings. The molecule has 1 heterocycles. The number of aliphatic hydroxyl groups excluding tert-OH is 1. The minimum atomic E-state index is 0.266. The summed E-state index contributed by atoms with van der Waals surface area (Å²) in [5, 5.41) is 10.0. The summed E-state index contributed by atoms with van der Waals surface area (Å²) in [7, 11) is 0. The highest BCUT2D eigenvalue weighted by Gasteiger charge is 2.26. The van der Waals surface area contributed by atoms with Gasteiger partial charge in [-0.3, -0.25) is 0 Å². The number of hydrogen-bond acceptors (Lipinski definition) is 2. The first-order valence-corrected chi connectivity index (χ1v) is 4.58. The Morgan fingerprint density at radius 3 is 2.90 bits per heavy atom. The lowest BCUT2D eigenvalue weighted by Gasteiger charge is -2.01. The zero-order chi connectivity index (χ0) is 7.56. The highest BCUT2D eigenvalue weighted by molar-refractivity contribution is 8.13. The number of aliphatic hydroxyl groups is 1. The van der Waals surface area contributed by atoms with Crippen molar-refractivity contribution in [2.45, 2.75) is 19.9 Å². The van der Waals surface area contributed by atoms with E-state index in [0.717, 1.165) is 6.54 Å². The molecule has 10 heavy (non-hydrogen) atoms. The summed E-state index contributed by atoms with van der Waals surface area (Å²) in [6.45, 7) is 5.37. The summed E-state index contributed by atoms with van der Waals surface area (Å²) >= 11 is 1.88. The topological polar surface area (TPSA) is 23.2 Å². The maximum atomic E-state index is 8.70. The standard InChI is InChI=1S/C7H14NOS/c1-6-5-10-7(2)8(6)3-4-9/h6,9H,3-5H2,1-2H3/q+1. The van der Waals surface area contributed by atoms with Gasteiger partial charge in [-0.15, -0.1) is 0 Å². The number of rotatable bonds is 2. The molecule has 0 saturated heterocycles. The van der Waals surface area contributed by atoms with Crippen LogP contribution in [0.2, 0.25) is 0 Å². The molecular weight excluding hydrogens is 146 g/mol. The SMILES string of the molecule is CC1=[N+](CCO)C(C)CS1. The van der Waals surface area contributed by atoms with Gasteiger partial charge >= 0.3 is 0 Å². The van der Waals surface area contributed by atoms with Crippen molar-refractivity contribution in [2.24, 2.45) is 0 Å². The Bertz CT molecular complexity index is 156. The average molecular weight is 160 g/mol. The van der Waals surface area contributed by atoms with Crippen LogP contribution in [0.3, 0.4) is 0 Å². The van der Waals surface area contributed by atoms with Gasteiger partial charge in [0.15, 0.2) is 12.6 Å². The van der Waals surface area contributed by atoms with Crippen LogP contribution in [0.4, 0.5) is 0 Å². The Balaban J connectivity index is 2.59. The summed E-state index contributed by atoms with van der Waals surface area (Å²) in [4.78, 5) is 0. The third kappa shape index (κ3) is 1.52. The van der Waals surface area contributed by atoms with E-state index in [4.69, 9.17) is 5.11 Å². The molecule has 1 unspecified atom stereocenters. The first kappa shape index (κ1) is 8.08. The van der Waals surface area contributed by atoms with Gasteiger partial charge in [0.05, 0.1) is 5.75 Å². The predicted molar refractivity (Wildman–Crippen MR) is 44.8 cm³/mol. The maximum absolute atomic E-state index is 8.70. The third-order valence-electron chi connectivity index (χ3n) is 1.81. The fourth-order valence-electron chi connectivity index (χ4n) is 1.21. The van der Waals surface area contributed by atoms with E-state index in [1.165, 1.54) is 10.8 Å². The molecule has 0 amide bonds. The Morgan fingerprint density at radius 1 is 1.80 bits per heavy atom. The van der Waals surface area contributed by atoms with Gasteiger partial charge in [0.1, 0.15) is 6.61 Å². The lowest BCUT2D eigenvalue weighted by molar-refractivity contribution is -0.554. The molecule has 0 saturated carbocycles. The number of nitrogens with zero attached hydrogens (tertiary/aromatic N) is 1. The smallest absolute Gasteiger partial charge is 0.207 e. The molecule has 1 aliphatic rings. The molecule has 58 valence electrons. The van der Waals surface area contributed by atoms with Gasteiger partial charge < -0.3 is 5.11 Å². The van der Waals surface area contributed by atoms with Crippen molar-refractivity contribution in [1.82, 2.24) is 0 Å². The molecule has 0 spiro atoms. The number of hydrogen-bond donors (Lipinski definition) is 1. The molecular formula is C7H14NOS+. The summed E-state index contributed by atoms with van der Waals surface area (Å²) < 4.78 is 2.25. The summed E-state index contributed by atoms with van der Waals surface area (Å²) in [5.41, 5.74) is 0. The molecule has 0 bridgehead atoms. The fourth-order valence-corrected chi connectivity index (χ4v) is 2.31. The molecule has 3 heteroatoms. The molecule has 0 aromatic heterocycles. The Morgan fingerprint density at radius 2 is 2.50 bits per heavy atom. The molecule has 1 aliphatic heterocycles. The van der Waals surface area contributed by atoms with Gasteiger partial charge in [-0.05, 0) is 6.92 Å². The normalized spacial score (nSPS) is 26.1. The first-order valence-electron chi connectivity index (χ1n) is 3.59. The van der Waals surface area contributed by atoms with Gasteiger partial charge in [-0.2, -0.15) is 0 Å². The van der Waals surface area contributed by atoms with E-state index in [1.54, 1.807) is 0 Å². The third-order valence-corrected chi connectivity index (χ3v) is 3.11. The van der Waals surface area contributed by atoms with E-state index < -0.39 is 0 Å². The van der Waals surface area contributed by atoms with E-state index in [2.05, 4.69) is 18.4 Å². The minimum absolute atomic E-state index is 0.266. The Hall–Kier alpha value is -0.0200. The number of β-amino-alcohol motifs (C(OH)–C–C–N with tert-alkyl or cyclic N) is 1. The van der Waals surface area contributed by atoms with Crippen LogP contribution < -0.4 is 0 Å². The van der Waals surface area contributed by atoms with Gasteiger partial charge in [-0.1, -0.05) is 11.8 Å². The second kappa shape index (κ2) is 3.39. The van der Waals surface area contributed by atoms with Crippen LogP contribution in [0.15, 0.2) is 0 Å². The second-order valence-corrected chi connectivity index (χ2v) is 3.81. The second-order valence-electron chi connectivity index (χ2n) is 2.60. The molecule has 0 radical (unpaired) electrons. The fraction of sp³-hybridized carbons (Fsp3) is 0.857. The molecule has 0 aliphatic carbocycles. The van der Waals surface area contributed by atoms with Gasteiger partial charge in [0.2, 0.25) is 5.04 Å². The van der Waals surface area contributed by atoms with Gasteiger partial charge in [-0.25, -0.2) is 4.58 Å². The maximum Gasteiger partial charge on any atom is 0.207 e. The summed E-state index contributed by atoms with van der Waals surface area (Å²) in [6.07, 6.45) is 0. The van der Waals surface area contributed by atoms with Gasteiger partial charge in [0.25, 0.3) is 0 Å². The lowest BCUT2D eigenvalue weighted by Crippen LogP contribution is -2.25. The van der Waals surface area contributed by atoms with Crippen molar-refractivity contribution in [1.29, 1.82) is 0 Å². The van der Waals surface area contributed by atoms with E-state index in [0.29, 0.717) is 6.04 Å². The molecule has 1 N–H and O–H groups in total. The summed E-state index contributed by atoms with van der Waals surface area (Å²) in [5.74, 6) is 1.17. The molecule has 1 atom stereocenters. The van der Waals surface area contributed by atoms with Crippen molar-refractivity contribution in [2.75, 3.05) is 18.9 Å². The average Bonchev–Trinajstić information content (AvgIpc) is 2.20. The molecule has 1 rings (SSSR count). The van der Waals surface area contributed by atoms with E-state index in [-0.39, 0.29) is 6.61 Å². The molecule has 0 aromatic carbocycles. The predicted octanol–water partition coefficient (Wildman–Crippen LogP) is 0.545. The van der Waals surface area contributed by atoms with E-state index >= 15 is 0 Å². The van der Waals surface area contributed by atoms with Gasteiger partial charge in [0, 0.05) is 6.92 Å². The largest absolute Gasteiger partial charge is 0.390 e. The van der Waals surface area contributed by atoms with Crippen molar-refractivity contribution < 1.29 is 9.68 Å². The first-order chi connectivity index (χ1) is 4.75. The zero-order valence-corrected chi connectivity index (χ0v) is 7.32. The zero-order valence-electron chi connectivity index (χ0n) is 6.50. The van der Waals surface area contributed by atoms with Crippen molar-refractivity contribution in [3.63, 3.8) is 0 Å². The van der Waals surface area contributed by atoms with Crippen LogP contribution in [0.25, 0.3) is 0 Å². The van der Waals surface area contributed by atoms with Crippen LogP contribution in [0.1, 0.15) is 13.8 Å². The quantitative estimate of drug-likeness (QED) is 0.596. The Labute approximate surface area is 65.9 Å². The monoisotopic (exact) mass is 160 g/mol. The molecule has 0 fully saturated rings. The van der Waals surface area contributed by atoms with E-state index in [1.807, 2.05) is 11.8 Å². The highest BCUT2D eigenvalue weighted by atomic mass is 32.2. The van der Waals surface area contributed by atoms with Crippen molar-refractivity contribution in [3.8, 4) is 0 Å². The Kier molecular flexibility index (Phi) is 2.74. The van der Waals surface area contributed by atoms with Crippen molar-refractivity contribution in [3.05, 3.63) is 0 Å². The number of thioether (sulfide) groups is 1. The van der Waals surface area contributed by atoms with Crippen LogP contribution in [0, 0.1) is 0 Å².